The van der Waals surface area contributed by atoms with Crippen molar-refractivity contribution < 1.29 is 14.7 Å². The minimum Gasteiger partial charge on any atom is -0.481 e. The number of amides is 1. The van der Waals surface area contributed by atoms with E-state index in [2.05, 4.69) is 10.3 Å². The van der Waals surface area contributed by atoms with Crippen LogP contribution >= 0.6 is 0 Å². The molecule has 0 aliphatic heterocycles. The summed E-state index contributed by atoms with van der Waals surface area (Å²) in [6, 6.07) is 6.99. The maximum absolute atomic E-state index is 13.1. The number of carboxylic acids is 1. The number of carbonyl (C=O) groups is 2. The van der Waals surface area contributed by atoms with Crippen LogP contribution in [0.4, 0.5) is 0 Å². The number of nitrogens with one attached hydrogen (secondary N) is 1. The second-order valence-electron chi connectivity index (χ2n) is 9.58. The van der Waals surface area contributed by atoms with Gasteiger partial charge in [0.1, 0.15) is 12.4 Å². The zero-order valence-electron chi connectivity index (χ0n) is 17.0. The van der Waals surface area contributed by atoms with Gasteiger partial charge in [0.15, 0.2) is 0 Å². The molecule has 4 aliphatic carbocycles. The molecule has 0 saturated heterocycles. The Hall–Kier alpha value is -2.70. The maximum atomic E-state index is 13.1. The topological polar surface area (TPSA) is 101 Å². The molecule has 158 valence electrons. The van der Waals surface area contributed by atoms with Crippen molar-refractivity contribution in [2.24, 2.45) is 17.8 Å². The van der Waals surface area contributed by atoms with Crippen LogP contribution in [-0.2, 0) is 22.6 Å². The lowest BCUT2D eigenvalue weighted by Crippen LogP contribution is -2.60. The molecular weight excluding hydrogens is 382 g/mol. The molecule has 7 nitrogen and oxygen atoms in total. The highest BCUT2D eigenvalue weighted by Gasteiger charge is 2.51. The molecule has 4 fully saturated rings. The Bertz CT molecular complexity index is 1040. The second kappa shape index (κ2) is 7.22. The number of aryl methyl sites for hydroxylation is 1. The number of nitrogens with zero attached hydrogens (tertiary/aromatic N) is 2. The lowest BCUT2D eigenvalue weighted by molar-refractivity contribution is -0.137. The van der Waals surface area contributed by atoms with Gasteiger partial charge in [0.05, 0.1) is 17.3 Å². The highest BCUT2D eigenvalue weighted by atomic mass is 16.4. The number of hydrogen-bond donors (Lipinski definition) is 2. The van der Waals surface area contributed by atoms with Crippen molar-refractivity contribution in [2.75, 3.05) is 0 Å². The van der Waals surface area contributed by atoms with E-state index < -0.39 is 5.97 Å². The summed E-state index contributed by atoms with van der Waals surface area (Å²) in [5.41, 5.74) is 0.114. The molecule has 6 rings (SSSR count). The number of fused-ring (bicyclic) bond motifs is 1. The average Bonchev–Trinajstić information content (AvgIpc) is 2.67. The van der Waals surface area contributed by atoms with Crippen molar-refractivity contribution >= 4 is 22.8 Å². The number of benzene rings is 1. The number of rotatable bonds is 6. The van der Waals surface area contributed by atoms with Crippen LogP contribution in [0.25, 0.3) is 10.9 Å². The van der Waals surface area contributed by atoms with Crippen LogP contribution in [0.1, 0.15) is 50.8 Å². The standard InChI is InChI=1S/C23H27N3O4/c27-20(25-23-10-14-7-15(11-23)9-16(8-14)12-23)13-26-19(5-6-21(28)29)24-18-4-2-1-3-17(18)22(26)30/h1-4,14-16H,5-13H2,(H,25,27)(H,28,29). The fourth-order valence-corrected chi connectivity index (χ4v) is 6.53. The number of carboxylic acid groups (broad SMARTS) is 1. The Morgan fingerprint density at radius 2 is 1.73 bits per heavy atom. The first-order valence-electron chi connectivity index (χ1n) is 10.9. The monoisotopic (exact) mass is 409 g/mol. The van der Waals surface area contributed by atoms with E-state index in [1.54, 1.807) is 24.3 Å². The normalized spacial score (nSPS) is 29.3. The molecule has 2 N–H and O–H groups in total. The zero-order chi connectivity index (χ0) is 20.9. The summed E-state index contributed by atoms with van der Waals surface area (Å²) in [5, 5.41) is 12.8. The van der Waals surface area contributed by atoms with Gasteiger partial charge < -0.3 is 10.4 Å². The molecular formula is C23H27N3O4. The molecule has 1 aromatic heterocycles. The van der Waals surface area contributed by atoms with Gasteiger partial charge in [0.2, 0.25) is 5.91 Å². The van der Waals surface area contributed by atoms with Gasteiger partial charge in [-0.05, 0) is 68.4 Å². The van der Waals surface area contributed by atoms with Crippen LogP contribution in [0.3, 0.4) is 0 Å². The maximum Gasteiger partial charge on any atom is 0.303 e. The fraction of sp³-hybridized carbons (Fsp3) is 0.565. The largest absolute Gasteiger partial charge is 0.481 e. The summed E-state index contributed by atoms with van der Waals surface area (Å²) in [6.07, 6.45) is 6.99. The molecule has 7 heteroatoms. The van der Waals surface area contributed by atoms with E-state index in [-0.39, 0.29) is 36.4 Å². The van der Waals surface area contributed by atoms with Crippen molar-refractivity contribution in [1.29, 1.82) is 0 Å². The van der Waals surface area contributed by atoms with Crippen molar-refractivity contribution in [1.82, 2.24) is 14.9 Å². The number of carbonyl (C=O) groups excluding carboxylic acids is 1. The first kappa shape index (κ1) is 19.3. The molecule has 0 spiro atoms. The molecule has 0 unspecified atom stereocenters. The Morgan fingerprint density at radius 1 is 1.10 bits per heavy atom. The lowest BCUT2D eigenvalue weighted by Gasteiger charge is -2.56. The number of para-hydroxylation sites is 1. The van der Waals surface area contributed by atoms with Crippen molar-refractivity contribution in [3.63, 3.8) is 0 Å². The van der Waals surface area contributed by atoms with Gasteiger partial charge in [-0.15, -0.1) is 0 Å². The smallest absolute Gasteiger partial charge is 0.303 e. The minimum absolute atomic E-state index is 0.111. The summed E-state index contributed by atoms with van der Waals surface area (Å²) in [5.74, 6) is 1.37. The lowest BCUT2D eigenvalue weighted by atomic mass is 9.53. The summed E-state index contributed by atoms with van der Waals surface area (Å²) in [7, 11) is 0. The van der Waals surface area contributed by atoms with E-state index in [4.69, 9.17) is 5.11 Å². The van der Waals surface area contributed by atoms with Gasteiger partial charge in [-0.25, -0.2) is 4.98 Å². The Kier molecular flexibility index (Phi) is 4.64. The Morgan fingerprint density at radius 3 is 2.37 bits per heavy atom. The van der Waals surface area contributed by atoms with Gasteiger partial charge in [-0.1, -0.05) is 12.1 Å². The third-order valence-electron chi connectivity index (χ3n) is 7.25. The predicted molar refractivity (Wildman–Crippen MR) is 111 cm³/mol. The van der Waals surface area contributed by atoms with E-state index in [0.717, 1.165) is 19.3 Å². The molecule has 1 amide bonds. The average molecular weight is 409 g/mol. The van der Waals surface area contributed by atoms with Crippen LogP contribution in [0.5, 0.6) is 0 Å². The molecule has 4 saturated carbocycles. The van der Waals surface area contributed by atoms with Gasteiger partial charge >= 0.3 is 5.97 Å². The summed E-state index contributed by atoms with van der Waals surface area (Å²) >= 11 is 0. The molecule has 2 aromatic rings. The first-order chi connectivity index (χ1) is 14.4. The Balaban J connectivity index is 1.42. The summed E-state index contributed by atoms with van der Waals surface area (Å²) in [6.45, 7) is -0.118. The third-order valence-corrected chi connectivity index (χ3v) is 7.25. The van der Waals surface area contributed by atoms with Crippen LogP contribution < -0.4 is 10.9 Å². The molecule has 0 atom stereocenters. The molecule has 30 heavy (non-hydrogen) atoms. The van der Waals surface area contributed by atoms with Crippen LogP contribution in [-0.4, -0.2) is 32.1 Å². The molecule has 4 bridgehead atoms. The quantitative estimate of drug-likeness (QED) is 0.763. The zero-order valence-corrected chi connectivity index (χ0v) is 17.0. The predicted octanol–water partition coefficient (Wildman–Crippen LogP) is 2.50. The van der Waals surface area contributed by atoms with Gasteiger partial charge in [0, 0.05) is 12.0 Å². The van der Waals surface area contributed by atoms with E-state index in [1.807, 2.05) is 0 Å². The molecule has 4 aliphatic rings. The number of aromatic nitrogens is 2. The highest BCUT2D eigenvalue weighted by molar-refractivity contribution is 5.80. The second-order valence-corrected chi connectivity index (χ2v) is 9.58. The minimum atomic E-state index is -0.957. The summed E-state index contributed by atoms with van der Waals surface area (Å²) in [4.78, 5) is 41.7. The number of aliphatic carboxylic acids is 1. The van der Waals surface area contributed by atoms with Gasteiger partial charge in [-0.3, -0.25) is 19.0 Å². The van der Waals surface area contributed by atoms with E-state index in [1.165, 1.54) is 23.8 Å². The fourth-order valence-electron chi connectivity index (χ4n) is 6.53. The SMILES string of the molecule is O=C(O)CCc1nc2ccccc2c(=O)n1CC(=O)NC12CC3CC(CC(C3)C1)C2. The summed E-state index contributed by atoms with van der Waals surface area (Å²) < 4.78 is 1.36. The van der Waals surface area contributed by atoms with Crippen LogP contribution in [0.2, 0.25) is 0 Å². The molecule has 0 radical (unpaired) electrons. The van der Waals surface area contributed by atoms with Crippen LogP contribution in [0, 0.1) is 17.8 Å². The highest BCUT2D eigenvalue weighted by Crippen LogP contribution is 2.55. The third kappa shape index (κ3) is 3.50. The van der Waals surface area contributed by atoms with E-state index in [9.17, 15) is 14.4 Å². The number of hydrogen-bond acceptors (Lipinski definition) is 4. The van der Waals surface area contributed by atoms with E-state index in [0.29, 0.717) is 34.5 Å². The van der Waals surface area contributed by atoms with Crippen molar-refractivity contribution in [3.05, 3.63) is 40.4 Å². The van der Waals surface area contributed by atoms with E-state index >= 15 is 0 Å². The van der Waals surface area contributed by atoms with Crippen LogP contribution in [0.15, 0.2) is 29.1 Å². The van der Waals surface area contributed by atoms with Crippen molar-refractivity contribution in [2.45, 2.75) is 63.5 Å². The Labute approximate surface area is 174 Å². The van der Waals surface area contributed by atoms with Crippen molar-refractivity contribution in [3.8, 4) is 0 Å². The molecule has 1 heterocycles. The van der Waals surface area contributed by atoms with Gasteiger partial charge in [0.25, 0.3) is 5.56 Å². The first-order valence-corrected chi connectivity index (χ1v) is 10.9. The molecule has 1 aromatic carbocycles. The van der Waals surface area contributed by atoms with Gasteiger partial charge in [-0.2, -0.15) is 0 Å².